The maximum atomic E-state index is 11.6. The van der Waals surface area contributed by atoms with Crippen molar-refractivity contribution in [2.45, 2.75) is 45.4 Å². The number of halogens is 2. The van der Waals surface area contributed by atoms with E-state index in [2.05, 4.69) is 52.7 Å². The molecule has 0 aliphatic carbocycles. The van der Waals surface area contributed by atoms with Gasteiger partial charge in [0.1, 0.15) is 5.60 Å². The van der Waals surface area contributed by atoms with Crippen molar-refractivity contribution >= 4 is 29.3 Å². The summed E-state index contributed by atoms with van der Waals surface area (Å²) in [5, 5.41) is 8.57. The Bertz CT molecular complexity index is 1290. The number of amides is 1. The molecule has 0 unspecified atom stereocenters. The predicted molar refractivity (Wildman–Crippen MR) is 158 cm³/mol. The highest BCUT2D eigenvalue weighted by molar-refractivity contribution is 6.35. The van der Waals surface area contributed by atoms with Crippen molar-refractivity contribution in [3.05, 3.63) is 75.5 Å². The Morgan fingerprint density at radius 1 is 1.07 bits per heavy atom. The van der Waals surface area contributed by atoms with Crippen LogP contribution in [0.1, 0.15) is 43.4 Å². The predicted octanol–water partition coefficient (Wildman–Crippen LogP) is 5.99. The Morgan fingerprint density at radius 2 is 1.85 bits per heavy atom. The van der Waals surface area contributed by atoms with Gasteiger partial charge >= 0.3 is 6.09 Å². The molecule has 0 saturated heterocycles. The van der Waals surface area contributed by atoms with E-state index in [4.69, 9.17) is 37.4 Å². The van der Waals surface area contributed by atoms with Gasteiger partial charge in [0.2, 0.25) is 0 Å². The summed E-state index contributed by atoms with van der Waals surface area (Å²) < 4.78 is 18.2. The normalized spacial score (nSPS) is 15.6. The molecular weight excluding hydrogens is 551 g/mol. The lowest BCUT2D eigenvalue weighted by molar-refractivity contribution is 0.0378. The highest BCUT2D eigenvalue weighted by atomic mass is 35.5. The maximum absolute atomic E-state index is 11.6. The van der Waals surface area contributed by atoms with Gasteiger partial charge in [-0.1, -0.05) is 47.5 Å². The molecule has 1 atom stereocenters. The topological polar surface area (TPSA) is 77.9 Å². The standard InChI is InChI=1S/C30H38Cl2N4O4/c1-30(2,3)40-29(37)33-8-10-38-12-13-39-11-9-36-18-23(17-34-36)21-6-5-7-22(14-21)26-19-35(4)20-27-25(26)15-24(31)16-28(27)32/h5-7,14-18,26H,8-13,19-20H2,1-4H3,(H,33,37)/t26-/m0/s1. The van der Waals surface area contributed by atoms with Gasteiger partial charge in [0.05, 0.1) is 39.2 Å². The lowest BCUT2D eigenvalue weighted by Crippen LogP contribution is -2.34. The molecule has 2 aromatic carbocycles. The maximum Gasteiger partial charge on any atom is 0.407 e. The molecule has 0 radical (unpaired) electrons. The Labute approximate surface area is 246 Å². The molecule has 8 nitrogen and oxygen atoms in total. The Morgan fingerprint density at radius 3 is 2.62 bits per heavy atom. The number of benzene rings is 2. The van der Waals surface area contributed by atoms with Crippen LogP contribution in [0.3, 0.4) is 0 Å². The van der Waals surface area contributed by atoms with Gasteiger partial charge in [0.25, 0.3) is 0 Å². The van der Waals surface area contributed by atoms with E-state index in [-0.39, 0.29) is 5.92 Å². The Hall–Kier alpha value is -2.62. The zero-order valence-corrected chi connectivity index (χ0v) is 25.1. The van der Waals surface area contributed by atoms with Crippen molar-refractivity contribution in [2.24, 2.45) is 0 Å². The molecule has 0 fully saturated rings. The number of rotatable bonds is 11. The number of hydrogen-bond acceptors (Lipinski definition) is 6. The van der Waals surface area contributed by atoms with Gasteiger partial charge in [-0.15, -0.1) is 0 Å². The van der Waals surface area contributed by atoms with Crippen LogP contribution in [-0.2, 0) is 27.3 Å². The molecule has 0 bridgehead atoms. The summed E-state index contributed by atoms with van der Waals surface area (Å²) in [7, 11) is 2.12. The molecular formula is C30H38Cl2N4O4. The van der Waals surface area contributed by atoms with Crippen molar-refractivity contribution in [1.29, 1.82) is 0 Å². The zero-order valence-electron chi connectivity index (χ0n) is 23.6. The van der Waals surface area contributed by atoms with E-state index in [1.807, 2.05) is 43.9 Å². The van der Waals surface area contributed by atoms with Crippen LogP contribution in [0.25, 0.3) is 11.1 Å². The van der Waals surface area contributed by atoms with E-state index in [9.17, 15) is 4.79 Å². The number of fused-ring (bicyclic) bond motifs is 1. The van der Waals surface area contributed by atoms with Gasteiger partial charge < -0.3 is 24.4 Å². The molecule has 1 aromatic heterocycles. The number of carbonyl (C=O) groups is 1. The molecule has 3 aromatic rings. The third-order valence-electron chi connectivity index (χ3n) is 6.50. The second-order valence-corrected chi connectivity index (χ2v) is 11.8. The second-order valence-electron chi connectivity index (χ2n) is 11.0. The van der Waals surface area contributed by atoms with Crippen LogP contribution in [0, 0.1) is 0 Å². The Kier molecular flexibility index (Phi) is 10.5. The molecule has 2 heterocycles. The quantitative estimate of drug-likeness (QED) is 0.277. The van der Waals surface area contributed by atoms with Crippen LogP contribution in [0.5, 0.6) is 0 Å². The van der Waals surface area contributed by atoms with Crippen LogP contribution >= 0.6 is 23.2 Å². The molecule has 1 aliphatic heterocycles. The molecule has 0 saturated carbocycles. The minimum Gasteiger partial charge on any atom is -0.444 e. The van der Waals surface area contributed by atoms with Gasteiger partial charge in [0, 0.05) is 47.4 Å². The number of alkyl carbamates (subject to hydrolysis) is 1. The summed E-state index contributed by atoms with van der Waals surface area (Å²) in [4.78, 5) is 13.9. The van der Waals surface area contributed by atoms with Crippen molar-refractivity contribution in [2.75, 3.05) is 46.6 Å². The number of aromatic nitrogens is 2. The highest BCUT2D eigenvalue weighted by Gasteiger charge is 2.27. The zero-order chi connectivity index (χ0) is 28.7. The molecule has 4 rings (SSSR count). The molecule has 10 heteroatoms. The summed E-state index contributed by atoms with van der Waals surface area (Å²) in [6.45, 7) is 10.0. The first kappa shape index (κ1) is 30.3. The van der Waals surface area contributed by atoms with Crippen LogP contribution in [0.15, 0.2) is 48.8 Å². The van der Waals surface area contributed by atoms with Gasteiger partial charge in [0.15, 0.2) is 0 Å². The summed E-state index contributed by atoms with van der Waals surface area (Å²) >= 11 is 12.9. The van der Waals surface area contributed by atoms with Gasteiger partial charge in [-0.05, 0) is 62.2 Å². The monoisotopic (exact) mass is 588 g/mol. The average molecular weight is 590 g/mol. The largest absolute Gasteiger partial charge is 0.444 e. The fraction of sp³-hybridized carbons (Fsp3) is 0.467. The third kappa shape index (κ3) is 8.69. The van der Waals surface area contributed by atoms with E-state index >= 15 is 0 Å². The van der Waals surface area contributed by atoms with E-state index in [1.165, 1.54) is 11.1 Å². The SMILES string of the molecule is CN1Cc2c(Cl)cc(Cl)cc2[C@H](c2cccc(-c3cnn(CCOCCOCCNC(=O)OC(C)(C)C)c3)c2)C1. The third-order valence-corrected chi connectivity index (χ3v) is 7.05. The van der Waals surface area contributed by atoms with Crippen molar-refractivity contribution in [1.82, 2.24) is 20.0 Å². The van der Waals surface area contributed by atoms with E-state index < -0.39 is 11.7 Å². The first-order chi connectivity index (χ1) is 19.1. The van der Waals surface area contributed by atoms with Crippen molar-refractivity contribution < 1.29 is 19.0 Å². The summed E-state index contributed by atoms with van der Waals surface area (Å²) in [6, 6.07) is 12.5. The number of nitrogens with one attached hydrogen (secondary N) is 1. The van der Waals surface area contributed by atoms with Gasteiger partial charge in [-0.2, -0.15) is 5.10 Å². The van der Waals surface area contributed by atoms with E-state index in [0.717, 1.165) is 34.8 Å². The van der Waals surface area contributed by atoms with E-state index in [1.54, 1.807) is 0 Å². The second kappa shape index (κ2) is 13.8. The minimum absolute atomic E-state index is 0.184. The molecule has 1 aliphatic rings. The fourth-order valence-corrected chi connectivity index (χ4v) is 5.29. The van der Waals surface area contributed by atoms with E-state index in [0.29, 0.717) is 44.5 Å². The summed E-state index contributed by atoms with van der Waals surface area (Å²) in [5.74, 6) is 0.184. The summed E-state index contributed by atoms with van der Waals surface area (Å²) in [6.07, 6.45) is 3.48. The lowest BCUT2D eigenvalue weighted by Gasteiger charge is -2.33. The number of carbonyl (C=O) groups excluding carboxylic acids is 1. The highest BCUT2D eigenvalue weighted by Crippen LogP contribution is 2.39. The lowest BCUT2D eigenvalue weighted by atomic mass is 9.84. The average Bonchev–Trinajstić information content (AvgIpc) is 3.36. The van der Waals surface area contributed by atoms with Crippen LogP contribution < -0.4 is 5.32 Å². The first-order valence-electron chi connectivity index (χ1n) is 13.5. The number of nitrogens with zero attached hydrogens (tertiary/aromatic N) is 3. The van der Waals surface area contributed by atoms with Crippen molar-refractivity contribution in [3.8, 4) is 11.1 Å². The number of hydrogen-bond donors (Lipinski definition) is 1. The molecule has 0 spiro atoms. The molecule has 1 amide bonds. The fourth-order valence-electron chi connectivity index (χ4n) is 4.72. The molecule has 216 valence electrons. The number of likely N-dealkylation sites (N-methyl/N-ethyl adjacent to an activating group) is 1. The van der Waals surface area contributed by atoms with Gasteiger partial charge in [-0.3, -0.25) is 4.68 Å². The molecule has 1 N–H and O–H groups in total. The van der Waals surface area contributed by atoms with Gasteiger partial charge in [-0.25, -0.2) is 4.79 Å². The first-order valence-corrected chi connectivity index (χ1v) is 14.3. The number of ether oxygens (including phenoxy) is 3. The summed E-state index contributed by atoms with van der Waals surface area (Å²) in [5.41, 5.74) is 5.22. The van der Waals surface area contributed by atoms with Crippen LogP contribution in [0.4, 0.5) is 4.79 Å². The minimum atomic E-state index is -0.512. The smallest absolute Gasteiger partial charge is 0.407 e. The Balaban J connectivity index is 1.24. The van der Waals surface area contributed by atoms with Crippen LogP contribution in [-0.4, -0.2) is 72.9 Å². The molecule has 40 heavy (non-hydrogen) atoms. The van der Waals surface area contributed by atoms with Crippen LogP contribution in [0.2, 0.25) is 10.0 Å². The van der Waals surface area contributed by atoms with Crippen molar-refractivity contribution in [3.63, 3.8) is 0 Å².